The predicted octanol–water partition coefficient (Wildman–Crippen LogP) is -0.404. The summed E-state index contributed by atoms with van der Waals surface area (Å²) in [4.78, 5) is 4.28. The molecule has 0 saturated heterocycles. The van der Waals surface area contributed by atoms with Crippen LogP contribution < -0.4 is 10.6 Å². The lowest BCUT2D eigenvalue weighted by Gasteiger charge is -2.03. The maximum atomic E-state index is 11.0. The van der Waals surface area contributed by atoms with Crippen LogP contribution in [0.5, 0.6) is 0 Å². The zero-order chi connectivity index (χ0) is 9.45. The van der Waals surface area contributed by atoms with E-state index in [0.29, 0.717) is 26.0 Å². The molecule has 0 unspecified atom stereocenters. The van der Waals surface area contributed by atoms with Crippen LogP contribution in [0.4, 0.5) is 0 Å². The summed E-state index contributed by atoms with van der Waals surface area (Å²) in [6.45, 7) is 2.58. The third-order valence-corrected chi connectivity index (χ3v) is 2.82. The van der Waals surface area contributed by atoms with E-state index in [9.17, 15) is 8.42 Å². The maximum absolute atomic E-state index is 11.0. The molecule has 0 aromatic heterocycles. The highest BCUT2D eigenvalue weighted by atomic mass is 32.2. The summed E-state index contributed by atoms with van der Waals surface area (Å²) in [6.07, 6.45) is 1.22. The highest BCUT2D eigenvalue weighted by Gasteiger charge is 2.06. The minimum Gasteiger partial charge on any atom is -0.305 e. The monoisotopic (exact) mass is 196 g/mol. The second kappa shape index (κ2) is 6.36. The van der Waals surface area contributed by atoms with Gasteiger partial charge in [0.1, 0.15) is 0 Å². The zero-order valence-corrected chi connectivity index (χ0v) is 8.06. The number of rotatable bonds is 7. The number of nitrogens with two attached hydrogens (primary N) is 1. The topological polar surface area (TPSA) is 81.4 Å². The van der Waals surface area contributed by atoms with Crippen LogP contribution >= 0.6 is 0 Å². The second-order valence-electron chi connectivity index (χ2n) is 2.44. The second-order valence-corrected chi connectivity index (χ2v) is 4.36. The van der Waals surface area contributed by atoms with Gasteiger partial charge in [0.25, 0.3) is 0 Å². The molecule has 0 aromatic rings. The molecule has 5 nitrogen and oxygen atoms in total. The van der Waals surface area contributed by atoms with E-state index in [4.69, 9.17) is 5.90 Å². The van der Waals surface area contributed by atoms with Gasteiger partial charge in [0, 0.05) is 6.54 Å². The maximum Gasteiger partial charge on any atom is 0.211 e. The third-order valence-electron chi connectivity index (χ3n) is 1.23. The van der Waals surface area contributed by atoms with E-state index in [-0.39, 0.29) is 5.75 Å². The van der Waals surface area contributed by atoms with E-state index in [1.54, 1.807) is 0 Å². The van der Waals surface area contributed by atoms with Crippen molar-refractivity contribution in [1.29, 1.82) is 0 Å². The van der Waals surface area contributed by atoms with Crippen molar-refractivity contribution in [1.82, 2.24) is 4.72 Å². The molecule has 0 radical (unpaired) electrons. The molecule has 0 saturated carbocycles. The SMILES string of the molecule is CCCS(=O)(=O)NCCCON. The first-order chi connectivity index (χ1) is 5.62. The molecule has 0 aliphatic heterocycles. The van der Waals surface area contributed by atoms with Gasteiger partial charge in [-0.25, -0.2) is 19.0 Å². The fourth-order valence-electron chi connectivity index (χ4n) is 0.724. The van der Waals surface area contributed by atoms with E-state index in [1.807, 2.05) is 6.92 Å². The van der Waals surface area contributed by atoms with Gasteiger partial charge >= 0.3 is 0 Å². The Hall–Kier alpha value is -0.170. The van der Waals surface area contributed by atoms with Gasteiger partial charge < -0.3 is 4.84 Å². The van der Waals surface area contributed by atoms with Gasteiger partial charge in [0.2, 0.25) is 10.0 Å². The molecule has 0 aliphatic rings. The Balaban J connectivity index is 3.48. The first kappa shape index (κ1) is 11.8. The fraction of sp³-hybridized carbons (Fsp3) is 1.00. The normalized spacial score (nSPS) is 11.8. The van der Waals surface area contributed by atoms with Crippen LogP contribution in [0.1, 0.15) is 19.8 Å². The Labute approximate surface area is 73.3 Å². The van der Waals surface area contributed by atoms with E-state index >= 15 is 0 Å². The van der Waals surface area contributed by atoms with E-state index in [0.717, 1.165) is 0 Å². The lowest BCUT2D eigenvalue weighted by atomic mass is 10.5. The lowest BCUT2D eigenvalue weighted by molar-refractivity contribution is 0.136. The molecular formula is C6H16N2O3S. The first-order valence-electron chi connectivity index (χ1n) is 3.91. The molecule has 0 amide bonds. The van der Waals surface area contributed by atoms with Crippen LogP contribution in [0.2, 0.25) is 0 Å². The summed E-state index contributed by atoms with van der Waals surface area (Å²) in [5.74, 6) is 4.94. The summed E-state index contributed by atoms with van der Waals surface area (Å²) in [5.41, 5.74) is 0. The molecule has 0 aliphatic carbocycles. The molecule has 0 fully saturated rings. The molecular weight excluding hydrogens is 180 g/mol. The van der Waals surface area contributed by atoms with Gasteiger partial charge in [-0.3, -0.25) is 0 Å². The number of sulfonamides is 1. The predicted molar refractivity (Wildman–Crippen MR) is 46.8 cm³/mol. The Bertz CT molecular complexity index is 191. The van der Waals surface area contributed by atoms with Crippen LogP contribution in [-0.2, 0) is 14.9 Å². The molecule has 0 spiro atoms. The average molecular weight is 196 g/mol. The smallest absolute Gasteiger partial charge is 0.211 e. The van der Waals surface area contributed by atoms with Gasteiger partial charge in [0.05, 0.1) is 12.4 Å². The van der Waals surface area contributed by atoms with Crippen molar-refractivity contribution in [3.63, 3.8) is 0 Å². The highest BCUT2D eigenvalue weighted by Crippen LogP contribution is 1.88. The molecule has 12 heavy (non-hydrogen) atoms. The molecule has 0 heterocycles. The minimum absolute atomic E-state index is 0.177. The zero-order valence-electron chi connectivity index (χ0n) is 7.25. The summed E-state index contributed by atoms with van der Waals surface area (Å²) >= 11 is 0. The molecule has 6 heteroatoms. The number of hydrogen-bond donors (Lipinski definition) is 2. The molecule has 0 bridgehead atoms. The van der Waals surface area contributed by atoms with Crippen molar-refractivity contribution in [3.05, 3.63) is 0 Å². The van der Waals surface area contributed by atoms with Crippen molar-refractivity contribution in [2.45, 2.75) is 19.8 Å². The largest absolute Gasteiger partial charge is 0.305 e. The quantitative estimate of drug-likeness (QED) is 0.428. The van der Waals surface area contributed by atoms with E-state index < -0.39 is 10.0 Å². The third kappa shape index (κ3) is 6.53. The minimum atomic E-state index is -3.06. The van der Waals surface area contributed by atoms with Crippen molar-refractivity contribution in [3.8, 4) is 0 Å². The van der Waals surface area contributed by atoms with Gasteiger partial charge in [-0.15, -0.1) is 0 Å². The number of hydrogen-bond acceptors (Lipinski definition) is 4. The fourth-order valence-corrected chi connectivity index (χ4v) is 1.86. The number of nitrogens with one attached hydrogen (secondary N) is 1. The Kier molecular flexibility index (Phi) is 6.27. The summed E-state index contributed by atoms with van der Waals surface area (Å²) in [7, 11) is -3.06. The van der Waals surface area contributed by atoms with Crippen LogP contribution in [-0.4, -0.2) is 27.3 Å². The summed E-state index contributed by atoms with van der Waals surface area (Å²) in [6, 6.07) is 0. The lowest BCUT2D eigenvalue weighted by Crippen LogP contribution is -2.27. The van der Waals surface area contributed by atoms with Crippen molar-refractivity contribution in [2.24, 2.45) is 5.90 Å². The van der Waals surface area contributed by atoms with Gasteiger partial charge in [0.15, 0.2) is 0 Å². The van der Waals surface area contributed by atoms with Crippen LogP contribution in [0.3, 0.4) is 0 Å². The standard InChI is InChI=1S/C6H16N2O3S/c1-2-6-12(9,10)8-4-3-5-11-7/h8H,2-7H2,1H3. The van der Waals surface area contributed by atoms with Crippen molar-refractivity contribution >= 4 is 10.0 Å². The Morgan fingerprint density at radius 3 is 2.67 bits per heavy atom. The summed E-state index contributed by atoms with van der Waals surface area (Å²) < 4.78 is 24.5. The van der Waals surface area contributed by atoms with E-state index in [1.165, 1.54) is 0 Å². The van der Waals surface area contributed by atoms with Crippen molar-refractivity contribution < 1.29 is 13.3 Å². The van der Waals surface area contributed by atoms with Crippen molar-refractivity contribution in [2.75, 3.05) is 18.9 Å². The van der Waals surface area contributed by atoms with Gasteiger partial charge in [-0.05, 0) is 12.8 Å². The van der Waals surface area contributed by atoms with Gasteiger partial charge in [-0.2, -0.15) is 0 Å². The van der Waals surface area contributed by atoms with Crippen LogP contribution in [0, 0.1) is 0 Å². The van der Waals surface area contributed by atoms with Gasteiger partial charge in [-0.1, -0.05) is 6.92 Å². The average Bonchev–Trinajstić information content (AvgIpc) is 1.98. The van der Waals surface area contributed by atoms with Crippen LogP contribution in [0.15, 0.2) is 0 Å². The summed E-state index contributed by atoms with van der Waals surface area (Å²) in [5, 5.41) is 0. The molecule has 0 aromatic carbocycles. The molecule has 0 rings (SSSR count). The first-order valence-corrected chi connectivity index (χ1v) is 5.56. The Morgan fingerprint density at radius 1 is 1.50 bits per heavy atom. The molecule has 3 N–H and O–H groups in total. The van der Waals surface area contributed by atoms with E-state index in [2.05, 4.69) is 9.56 Å². The molecule has 0 atom stereocenters. The Morgan fingerprint density at radius 2 is 2.17 bits per heavy atom. The van der Waals surface area contributed by atoms with Crippen LogP contribution in [0.25, 0.3) is 0 Å². The highest BCUT2D eigenvalue weighted by molar-refractivity contribution is 7.89. The molecule has 74 valence electrons.